The van der Waals surface area contributed by atoms with E-state index >= 15 is 0 Å². The quantitative estimate of drug-likeness (QED) is 0.626. The fraction of sp³-hybridized carbons (Fsp3) is 0.500. The number of anilines is 1. The summed E-state index contributed by atoms with van der Waals surface area (Å²) in [4.78, 5) is 16.8. The van der Waals surface area contributed by atoms with Gasteiger partial charge in [0.1, 0.15) is 0 Å². The Kier molecular flexibility index (Phi) is 3.40. The molecule has 1 saturated heterocycles. The van der Waals surface area contributed by atoms with Crippen LogP contribution in [0.2, 0.25) is 0 Å². The summed E-state index contributed by atoms with van der Waals surface area (Å²) in [5, 5.41) is 0. The molecule has 0 radical (unpaired) electrons. The molecule has 0 bridgehead atoms. The maximum absolute atomic E-state index is 12.3. The van der Waals surface area contributed by atoms with E-state index in [1.807, 2.05) is 29.2 Å². The summed E-state index contributed by atoms with van der Waals surface area (Å²) in [5.74, 6) is 5.44. The summed E-state index contributed by atoms with van der Waals surface area (Å²) >= 11 is 0. The van der Waals surface area contributed by atoms with E-state index in [1.54, 1.807) is 0 Å². The van der Waals surface area contributed by atoms with Gasteiger partial charge in [0.15, 0.2) is 0 Å². The SMILES string of the molecule is NNc1ccc(C(=O)N2CCN(C3CC3)CC2)cc1. The van der Waals surface area contributed by atoms with Crippen molar-refractivity contribution in [1.82, 2.24) is 9.80 Å². The number of nitrogens with zero attached hydrogens (tertiary/aromatic N) is 2. The molecule has 0 spiro atoms. The van der Waals surface area contributed by atoms with E-state index in [4.69, 9.17) is 5.84 Å². The molecule has 19 heavy (non-hydrogen) atoms. The first kappa shape index (κ1) is 12.4. The minimum absolute atomic E-state index is 0.124. The molecule has 2 fully saturated rings. The Bertz CT molecular complexity index is 447. The van der Waals surface area contributed by atoms with Crippen molar-refractivity contribution >= 4 is 11.6 Å². The average Bonchev–Trinajstić information content (AvgIpc) is 3.31. The number of hydrogen-bond donors (Lipinski definition) is 2. The first-order chi connectivity index (χ1) is 9.28. The number of nitrogens with one attached hydrogen (secondary N) is 1. The molecule has 0 atom stereocenters. The number of rotatable bonds is 3. The Balaban J connectivity index is 1.60. The Morgan fingerprint density at radius 1 is 1.11 bits per heavy atom. The van der Waals surface area contributed by atoms with E-state index < -0.39 is 0 Å². The molecular formula is C14H20N4O. The van der Waals surface area contributed by atoms with Crippen molar-refractivity contribution < 1.29 is 4.79 Å². The van der Waals surface area contributed by atoms with Crippen LogP contribution in [-0.2, 0) is 0 Å². The average molecular weight is 260 g/mol. The topological polar surface area (TPSA) is 61.6 Å². The highest BCUT2D eigenvalue weighted by Crippen LogP contribution is 2.27. The number of hydrogen-bond acceptors (Lipinski definition) is 4. The highest BCUT2D eigenvalue weighted by atomic mass is 16.2. The third kappa shape index (κ3) is 2.72. The smallest absolute Gasteiger partial charge is 0.253 e. The molecule has 1 heterocycles. The van der Waals surface area contributed by atoms with Crippen LogP contribution in [0.4, 0.5) is 5.69 Å². The Morgan fingerprint density at radius 2 is 1.74 bits per heavy atom. The molecule has 1 aliphatic carbocycles. The summed E-state index contributed by atoms with van der Waals surface area (Å²) in [6.45, 7) is 3.70. The highest BCUT2D eigenvalue weighted by molar-refractivity contribution is 5.94. The minimum Gasteiger partial charge on any atom is -0.336 e. The van der Waals surface area contributed by atoms with Crippen molar-refractivity contribution in [2.24, 2.45) is 5.84 Å². The summed E-state index contributed by atoms with van der Waals surface area (Å²) in [5.41, 5.74) is 4.12. The molecule has 0 unspecified atom stereocenters. The van der Waals surface area contributed by atoms with Crippen LogP contribution >= 0.6 is 0 Å². The van der Waals surface area contributed by atoms with Crippen molar-refractivity contribution in [3.63, 3.8) is 0 Å². The normalized spacial score (nSPS) is 20.4. The van der Waals surface area contributed by atoms with Crippen molar-refractivity contribution in [3.05, 3.63) is 29.8 Å². The number of piperazine rings is 1. The Morgan fingerprint density at radius 3 is 2.26 bits per heavy atom. The molecule has 0 aromatic heterocycles. The van der Waals surface area contributed by atoms with Gasteiger partial charge in [0, 0.05) is 43.5 Å². The van der Waals surface area contributed by atoms with Crippen molar-refractivity contribution in [1.29, 1.82) is 0 Å². The van der Waals surface area contributed by atoms with Crippen LogP contribution in [0.25, 0.3) is 0 Å². The van der Waals surface area contributed by atoms with Crippen LogP contribution < -0.4 is 11.3 Å². The zero-order chi connectivity index (χ0) is 13.2. The Hall–Kier alpha value is -1.59. The number of carbonyl (C=O) groups excluding carboxylic acids is 1. The summed E-state index contributed by atoms with van der Waals surface area (Å²) in [6, 6.07) is 8.10. The lowest BCUT2D eigenvalue weighted by atomic mass is 10.1. The maximum atomic E-state index is 12.3. The van der Waals surface area contributed by atoms with Gasteiger partial charge in [0.25, 0.3) is 5.91 Å². The minimum atomic E-state index is 0.124. The summed E-state index contributed by atoms with van der Waals surface area (Å²) in [6.07, 6.45) is 2.67. The Labute approximate surface area is 113 Å². The molecule has 3 rings (SSSR count). The molecular weight excluding hydrogens is 240 g/mol. The van der Waals surface area contributed by atoms with Gasteiger partial charge in [-0.1, -0.05) is 0 Å². The molecule has 1 saturated carbocycles. The van der Waals surface area contributed by atoms with E-state index in [-0.39, 0.29) is 5.91 Å². The molecule has 3 N–H and O–H groups in total. The maximum Gasteiger partial charge on any atom is 0.253 e. The van der Waals surface area contributed by atoms with E-state index in [2.05, 4.69) is 10.3 Å². The fourth-order valence-electron chi connectivity index (χ4n) is 2.62. The standard InChI is InChI=1S/C14H20N4O/c15-16-12-3-1-11(2-4-12)14(19)18-9-7-17(8-10-18)13-5-6-13/h1-4,13,16H,5-10,15H2. The lowest BCUT2D eigenvalue weighted by Gasteiger charge is -2.34. The van der Waals surface area contributed by atoms with Crippen LogP contribution in [0.3, 0.4) is 0 Å². The number of amides is 1. The second-order valence-corrected chi connectivity index (χ2v) is 5.28. The number of nitrogen functional groups attached to an aromatic ring is 1. The van der Waals surface area contributed by atoms with Gasteiger partial charge < -0.3 is 10.3 Å². The van der Waals surface area contributed by atoms with E-state index in [9.17, 15) is 4.79 Å². The monoisotopic (exact) mass is 260 g/mol. The number of hydrazine groups is 1. The molecule has 1 aliphatic heterocycles. The van der Waals surface area contributed by atoms with E-state index in [1.165, 1.54) is 12.8 Å². The third-order valence-corrected chi connectivity index (χ3v) is 3.96. The van der Waals surface area contributed by atoms with Gasteiger partial charge in [0.2, 0.25) is 0 Å². The van der Waals surface area contributed by atoms with Crippen LogP contribution in [0, 0.1) is 0 Å². The molecule has 2 aliphatic rings. The number of benzene rings is 1. The molecule has 5 heteroatoms. The number of nitrogens with two attached hydrogens (primary N) is 1. The van der Waals surface area contributed by atoms with Gasteiger partial charge in [-0.05, 0) is 37.1 Å². The van der Waals surface area contributed by atoms with Crippen LogP contribution in [0.15, 0.2) is 24.3 Å². The fourth-order valence-corrected chi connectivity index (χ4v) is 2.62. The second kappa shape index (κ2) is 5.19. The molecule has 1 aromatic carbocycles. The lowest BCUT2D eigenvalue weighted by Crippen LogP contribution is -2.49. The molecule has 1 aromatic rings. The van der Waals surface area contributed by atoms with Crippen molar-refractivity contribution in [3.8, 4) is 0 Å². The third-order valence-electron chi connectivity index (χ3n) is 3.96. The van der Waals surface area contributed by atoms with Crippen molar-refractivity contribution in [2.45, 2.75) is 18.9 Å². The lowest BCUT2D eigenvalue weighted by molar-refractivity contribution is 0.0627. The van der Waals surface area contributed by atoms with Crippen LogP contribution in [0.1, 0.15) is 23.2 Å². The van der Waals surface area contributed by atoms with Gasteiger partial charge in [-0.25, -0.2) is 0 Å². The van der Waals surface area contributed by atoms with Gasteiger partial charge in [-0.15, -0.1) is 0 Å². The second-order valence-electron chi connectivity index (χ2n) is 5.28. The van der Waals surface area contributed by atoms with Crippen LogP contribution in [0.5, 0.6) is 0 Å². The van der Waals surface area contributed by atoms with E-state index in [0.717, 1.165) is 43.5 Å². The summed E-state index contributed by atoms with van der Waals surface area (Å²) in [7, 11) is 0. The highest BCUT2D eigenvalue weighted by Gasteiger charge is 2.32. The molecule has 1 amide bonds. The van der Waals surface area contributed by atoms with Gasteiger partial charge in [-0.2, -0.15) is 0 Å². The zero-order valence-electron chi connectivity index (χ0n) is 11.0. The molecule has 102 valence electrons. The molecule has 5 nitrogen and oxygen atoms in total. The number of carbonyl (C=O) groups is 1. The first-order valence-corrected chi connectivity index (χ1v) is 6.88. The zero-order valence-corrected chi connectivity index (χ0v) is 11.0. The van der Waals surface area contributed by atoms with Crippen LogP contribution in [-0.4, -0.2) is 47.9 Å². The largest absolute Gasteiger partial charge is 0.336 e. The summed E-state index contributed by atoms with van der Waals surface area (Å²) < 4.78 is 0. The van der Waals surface area contributed by atoms with Gasteiger partial charge in [0.05, 0.1) is 0 Å². The van der Waals surface area contributed by atoms with Gasteiger partial charge >= 0.3 is 0 Å². The van der Waals surface area contributed by atoms with Gasteiger partial charge in [-0.3, -0.25) is 15.5 Å². The van der Waals surface area contributed by atoms with Crippen molar-refractivity contribution in [2.75, 3.05) is 31.6 Å². The predicted octanol–water partition coefficient (Wildman–Crippen LogP) is 0.892. The first-order valence-electron chi connectivity index (χ1n) is 6.88. The van der Waals surface area contributed by atoms with E-state index in [0.29, 0.717) is 0 Å². The predicted molar refractivity (Wildman–Crippen MR) is 74.8 cm³/mol.